The number of ether oxygens (including phenoxy) is 1. The fourth-order valence-corrected chi connectivity index (χ4v) is 2.98. The molecule has 7 nitrogen and oxygen atoms in total. The van der Waals surface area contributed by atoms with Gasteiger partial charge in [-0.2, -0.15) is 20.1 Å². The number of aromatic nitrogens is 5. The zero-order chi connectivity index (χ0) is 14.5. The van der Waals surface area contributed by atoms with Gasteiger partial charge >= 0.3 is 0 Å². The third kappa shape index (κ3) is 3.70. The quantitative estimate of drug-likeness (QED) is 0.815. The van der Waals surface area contributed by atoms with Gasteiger partial charge < -0.3 is 10.1 Å². The van der Waals surface area contributed by atoms with Gasteiger partial charge in [0.15, 0.2) is 5.16 Å². The molecule has 3 heterocycles. The van der Waals surface area contributed by atoms with Crippen molar-refractivity contribution >= 4 is 17.7 Å². The fourth-order valence-electron chi connectivity index (χ4n) is 2.08. The number of nitrogens with one attached hydrogen (secondary N) is 1. The molecule has 2 aromatic rings. The first-order chi connectivity index (χ1) is 10.3. The van der Waals surface area contributed by atoms with E-state index in [2.05, 4.69) is 25.4 Å². The summed E-state index contributed by atoms with van der Waals surface area (Å²) in [5.41, 5.74) is 0. The molecule has 21 heavy (non-hydrogen) atoms. The first-order valence-electron chi connectivity index (χ1n) is 7.09. The summed E-state index contributed by atoms with van der Waals surface area (Å²) in [5, 5.41) is 8.00. The lowest BCUT2D eigenvalue weighted by molar-refractivity contribution is 0.129. The second-order valence-electron chi connectivity index (χ2n) is 4.67. The summed E-state index contributed by atoms with van der Waals surface area (Å²) in [6, 6.07) is 1.84. The van der Waals surface area contributed by atoms with E-state index in [1.807, 2.05) is 19.2 Å². The minimum absolute atomic E-state index is 0.308. The molecule has 1 fully saturated rings. The molecule has 0 amide bonds. The molecule has 0 aromatic carbocycles. The molecule has 112 valence electrons. The van der Waals surface area contributed by atoms with E-state index >= 15 is 0 Å². The van der Waals surface area contributed by atoms with E-state index in [0.29, 0.717) is 23.2 Å². The summed E-state index contributed by atoms with van der Waals surface area (Å²) >= 11 is 1.60. The highest BCUT2D eigenvalue weighted by atomic mass is 32.2. The molecule has 0 bridgehead atoms. The topological polar surface area (TPSA) is 77.8 Å². The number of hydrogen-bond donors (Lipinski definition) is 1. The Morgan fingerprint density at radius 3 is 3.10 bits per heavy atom. The highest BCUT2D eigenvalue weighted by molar-refractivity contribution is 7.99. The molecule has 1 saturated heterocycles. The van der Waals surface area contributed by atoms with Gasteiger partial charge in [0.2, 0.25) is 5.95 Å². The number of rotatable bonds is 6. The Bertz CT molecular complexity index is 570. The third-order valence-corrected chi connectivity index (χ3v) is 4.05. The lowest BCUT2D eigenvalue weighted by Crippen LogP contribution is -2.12. The second-order valence-corrected chi connectivity index (χ2v) is 5.66. The molecular formula is C13H18N6OS. The van der Waals surface area contributed by atoms with Gasteiger partial charge in [-0.1, -0.05) is 11.8 Å². The molecule has 1 atom stereocenters. The van der Waals surface area contributed by atoms with Gasteiger partial charge in [0, 0.05) is 31.3 Å². The number of thioether (sulfide) groups is 1. The standard InChI is InChI=1S/C13H18N6OS/c1-2-14-11-16-12(19-7-4-6-15-19)18-13(17-11)21-9-10-5-3-8-20-10/h4,6-7,10H,2-3,5,8-9H2,1H3,(H,14,16,17,18). The Labute approximate surface area is 127 Å². The van der Waals surface area contributed by atoms with Crippen molar-refractivity contribution in [3.05, 3.63) is 18.5 Å². The molecule has 2 aromatic heterocycles. The van der Waals surface area contributed by atoms with Crippen LogP contribution in [0.1, 0.15) is 19.8 Å². The normalized spacial score (nSPS) is 18.0. The number of nitrogens with zero attached hydrogens (tertiary/aromatic N) is 5. The molecular weight excluding hydrogens is 288 g/mol. The monoisotopic (exact) mass is 306 g/mol. The SMILES string of the molecule is CCNc1nc(SCC2CCCO2)nc(-n2cccn2)n1. The highest BCUT2D eigenvalue weighted by Crippen LogP contribution is 2.22. The van der Waals surface area contributed by atoms with Crippen molar-refractivity contribution in [2.75, 3.05) is 24.2 Å². The Morgan fingerprint density at radius 1 is 1.43 bits per heavy atom. The minimum atomic E-state index is 0.308. The van der Waals surface area contributed by atoms with E-state index < -0.39 is 0 Å². The van der Waals surface area contributed by atoms with E-state index in [1.165, 1.54) is 0 Å². The van der Waals surface area contributed by atoms with Crippen LogP contribution in [0, 0.1) is 0 Å². The van der Waals surface area contributed by atoms with Crippen molar-refractivity contribution in [2.45, 2.75) is 31.0 Å². The first kappa shape index (κ1) is 14.3. The number of anilines is 1. The zero-order valence-electron chi connectivity index (χ0n) is 11.9. The van der Waals surface area contributed by atoms with Crippen molar-refractivity contribution < 1.29 is 4.74 Å². The lowest BCUT2D eigenvalue weighted by Gasteiger charge is -2.10. The van der Waals surface area contributed by atoms with Crippen LogP contribution in [0.25, 0.3) is 5.95 Å². The Hall–Kier alpha value is -1.67. The van der Waals surface area contributed by atoms with E-state index in [0.717, 1.165) is 31.7 Å². The largest absolute Gasteiger partial charge is 0.377 e. The summed E-state index contributed by atoms with van der Waals surface area (Å²) < 4.78 is 7.27. The van der Waals surface area contributed by atoms with Crippen molar-refractivity contribution in [3.8, 4) is 5.95 Å². The van der Waals surface area contributed by atoms with Crippen molar-refractivity contribution in [3.63, 3.8) is 0 Å². The Kier molecular flexibility index (Phi) is 4.66. The van der Waals surface area contributed by atoms with Gasteiger partial charge in [0.25, 0.3) is 5.95 Å². The van der Waals surface area contributed by atoms with Crippen LogP contribution in [0.15, 0.2) is 23.6 Å². The average molecular weight is 306 g/mol. The van der Waals surface area contributed by atoms with E-state index in [4.69, 9.17) is 4.74 Å². The predicted octanol–water partition coefficient (Wildman–Crippen LogP) is 1.76. The summed E-state index contributed by atoms with van der Waals surface area (Å²) in [5.74, 6) is 1.97. The smallest absolute Gasteiger partial charge is 0.256 e. The molecule has 0 radical (unpaired) electrons. The van der Waals surface area contributed by atoms with Crippen LogP contribution in [0.5, 0.6) is 0 Å². The molecule has 1 aliphatic heterocycles. The van der Waals surface area contributed by atoms with Crippen LogP contribution < -0.4 is 5.32 Å². The van der Waals surface area contributed by atoms with Crippen LogP contribution in [-0.4, -0.2) is 49.7 Å². The molecule has 0 spiro atoms. The maximum Gasteiger partial charge on any atom is 0.256 e. The van der Waals surface area contributed by atoms with Crippen LogP contribution >= 0.6 is 11.8 Å². The van der Waals surface area contributed by atoms with Gasteiger partial charge in [-0.3, -0.25) is 0 Å². The van der Waals surface area contributed by atoms with E-state index in [1.54, 1.807) is 22.6 Å². The van der Waals surface area contributed by atoms with Crippen LogP contribution in [0.4, 0.5) is 5.95 Å². The molecule has 8 heteroatoms. The van der Waals surface area contributed by atoms with Crippen LogP contribution in [-0.2, 0) is 4.74 Å². The van der Waals surface area contributed by atoms with Gasteiger partial charge in [-0.25, -0.2) is 4.68 Å². The van der Waals surface area contributed by atoms with Gasteiger partial charge in [0.1, 0.15) is 0 Å². The third-order valence-electron chi connectivity index (χ3n) is 3.07. The van der Waals surface area contributed by atoms with Crippen LogP contribution in [0.3, 0.4) is 0 Å². The molecule has 1 aliphatic rings. The highest BCUT2D eigenvalue weighted by Gasteiger charge is 2.17. The first-order valence-corrected chi connectivity index (χ1v) is 8.08. The molecule has 0 saturated carbocycles. The minimum Gasteiger partial charge on any atom is -0.377 e. The summed E-state index contributed by atoms with van der Waals surface area (Å²) in [6.07, 6.45) is 6.09. The maximum atomic E-state index is 5.63. The average Bonchev–Trinajstić information content (AvgIpc) is 3.19. The Balaban J connectivity index is 1.77. The van der Waals surface area contributed by atoms with Gasteiger partial charge in [0.05, 0.1) is 6.10 Å². The summed E-state index contributed by atoms with van der Waals surface area (Å²) in [4.78, 5) is 13.3. The van der Waals surface area contributed by atoms with Crippen LogP contribution in [0.2, 0.25) is 0 Å². The molecule has 1 unspecified atom stereocenters. The summed E-state index contributed by atoms with van der Waals surface area (Å²) in [6.45, 7) is 3.64. The fraction of sp³-hybridized carbons (Fsp3) is 0.538. The second kappa shape index (κ2) is 6.86. The van der Waals surface area contributed by atoms with Crippen molar-refractivity contribution in [1.29, 1.82) is 0 Å². The van der Waals surface area contributed by atoms with Crippen molar-refractivity contribution in [2.24, 2.45) is 0 Å². The molecule has 3 rings (SSSR count). The maximum absolute atomic E-state index is 5.63. The lowest BCUT2D eigenvalue weighted by atomic mass is 10.3. The van der Waals surface area contributed by atoms with Gasteiger partial charge in [-0.05, 0) is 25.8 Å². The van der Waals surface area contributed by atoms with Gasteiger partial charge in [-0.15, -0.1) is 0 Å². The number of hydrogen-bond acceptors (Lipinski definition) is 7. The zero-order valence-corrected chi connectivity index (χ0v) is 12.7. The van der Waals surface area contributed by atoms with E-state index in [9.17, 15) is 0 Å². The molecule has 1 N–H and O–H groups in total. The van der Waals surface area contributed by atoms with Crippen molar-refractivity contribution in [1.82, 2.24) is 24.7 Å². The Morgan fingerprint density at radius 2 is 2.38 bits per heavy atom. The van der Waals surface area contributed by atoms with E-state index in [-0.39, 0.29) is 0 Å². The predicted molar refractivity (Wildman–Crippen MR) is 80.8 cm³/mol. The summed E-state index contributed by atoms with van der Waals surface area (Å²) in [7, 11) is 0. The molecule has 0 aliphatic carbocycles.